The molecule has 1 spiro atoms. The fraction of sp³-hybridized carbons (Fsp3) is 0.164. The van der Waals surface area contributed by atoms with Crippen molar-refractivity contribution < 1.29 is 0 Å². The van der Waals surface area contributed by atoms with Gasteiger partial charge in [0, 0.05) is 88.2 Å². The van der Waals surface area contributed by atoms with Crippen LogP contribution in [0.25, 0.3) is 117 Å². The highest BCUT2D eigenvalue weighted by Crippen LogP contribution is 2.71. The van der Waals surface area contributed by atoms with Crippen LogP contribution in [0.3, 0.4) is 0 Å². The minimum absolute atomic E-state index is 0.122. The first-order valence-corrected chi connectivity index (χ1v) is 26.4. The Bertz CT molecular complexity index is 3930. The molecular formula is C61H41N3S3. The number of benzene rings is 8. The SMILES string of the molecule is c1ccc2c(c1)-c1ccc(-c3cccc4c3sc3ccccc34)c(-c3nc(-c4cccc5c4sc4ccccc45)nc(-c4cccc5c4sc4ccccc45)n3)c1C21C2CC3CC(C2)CC1C3. The molecule has 0 N–H and O–H groups in total. The lowest BCUT2D eigenvalue weighted by Gasteiger charge is -2.61. The minimum Gasteiger partial charge on any atom is -0.208 e. The van der Waals surface area contributed by atoms with Gasteiger partial charge in [-0.3, -0.25) is 0 Å². The molecule has 0 radical (unpaired) electrons. The highest BCUT2D eigenvalue weighted by molar-refractivity contribution is 7.27. The molecule has 5 aliphatic carbocycles. The summed E-state index contributed by atoms with van der Waals surface area (Å²) in [6.45, 7) is 0. The van der Waals surface area contributed by atoms with Gasteiger partial charge in [0.1, 0.15) is 0 Å². The van der Waals surface area contributed by atoms with E-state index in [1.165, 1.54) is 132 Å². The van der Waals surface area contributed by atoms with E-state index in [0.717, 1.165) is 40.4 Å². The zero-order valence-corrected chi connectivity index (χ0v) is 38.9. The fourth-order valence-electron chi connectivity index (χ4n) is 14.2. The maximum absolute atomic E-state index is 5.88. The molecule has 318 valence electrons. The smallest absolute Gasteiger partial charge is 0.165 e. The second kappa shape index (κ2) is 13.8. The Morgan fingerprint density at radius 3 is 1.31 bits per heavy atom. The van der Waals surface area contributed by atoms with Gasteiger partial charge in [0.05, 0.1) is 0 Å². The average Bonchev–Trinajstić information content (AvgIpc) is 4.13. The summed E-state index contributed by atoms with van der Waals surface area (Å²) < 4.78 is 7.61. The standard InChI is InChI=1S/C61H41N3S3/c1-5-22-49-37(12-1)42-27-26-41(46-19-9-16-43-38-13-2-6-23-50(38)65-55(43)46)53(54(42)61(49)35-29-33-28-34(31-35)32-36(61)30-33)60-63-58(47-20-10-17-44-39-14-3-7-24-51(39)66-56(44)47)62-59(64-60)48-21-11-18-45-40-15-4-8-25-52(40)67-57(45)48/h1-27,33-36H,28-32H2. The maximum Gasteiger partial charge on any atom is 0.165 e. The molecule has 0 atom stereocenters. The summed E-state index contributed by atoms with van der Waals surface area (Å²) in [6.07, 6.45) is 6.60. The molecule has 4 aromatic heterocycles. The molecule has 4 fully saturated rings. The lowest BCUT2D eigenvalue weighted by Crippen LogP contribution is -2.55. The lowest BCUT2D eigenvalue weighted by atomic mass is 9.42. The summed E-state index contributed by atoms with van der Waals surface area (Å²) in [5.41, 5.74) is 11.4. The van der Waals surface area contributed by atoms with Crippen molar-refractivity contribution in [2.24, 2.45) is 23.7 Å². The van der Waals surface area contributed by atoms with Crippen LogP contribution >= 0.6 is 34.0 Å². The molecule has 6 heteroatoms. The monoisotopic (exact) mass is 911 g/mol. The van der Waals surface area contributed by atoms with Crippen LogP contribution in [0.5, 0.6) is 0 Å². The van der Waals surface area contributed by atoms with Crippen molar-refractivity contribution in [2.45, 2.75) is 37.5 Å². The number of nitrogens with zero attached hydrogens (tertiary/aromatic N) is 3. The third-order valence-electron chi connectivity index (χ3n) is 16.6. The molecule has 0 unspecified atom stereocenters. The van der Waals surface area contributed by atoms with E-state index in [4.69, 9.17) is 15.0 Å². The quantitative estimate of drug-likeness (QED) is 0.177. The van der Waals surface area contributed by atoms with E-state index in [2.05, 4.69) is 164 Å². The van der Waals surface area contributed by atoms with Crippen LogP contribution in [0.4, 0.5) is 0 Å². The number of hydrogen-bond donors (Lipinski definition) is 0. The Morgan fingerprint density at radius 1 is 0.343 bits per heavy atom. The third-order valence-corrected chi connectivity index (χ3v) is 20.2. The predicted octanol–water partition coefficient (Wildman–Crippen LogP) is 17.4. The molecular weight excluding hydrogens is 871 g/mol. The van der Waals surface area contributed by atoms with E-state index >= 15 is 0 Å². The van der Waals surface area contributed by atoms with Crippen LogP contribution in [0.15, 0.2) is 164 Å². The van der Waals surface area contributed by atoms with Crippen LogP contribution < -0.4 is 0 Å². The molecule has 17 rings (SSSR count). The minimum atomic E-state index is -0.122. The van der Waals surface area contributed by atoms with E-state index in [0.29, 0.717) is 11.8 Å². The summed E-state index contributed by atoms with van der Waals surface area (Å²) in [5, 5.41) is 7.66. The van der Waals surface area contributed by atoms with E-state index in [1.54, 1.807) is 0 Å². The van der Waals surface area contributed by atoms with Crippen molar-refractivity contribution in [1.82, 2.24) is 15.0 Å². The van der Waals surface area contributed by atoms with Crippen molar-refractivity contribution in [3.05, 3.63) is 175 Å². The first-order valence-electron chi connectivity index (χ1n) is 23.9. The molecule has 67 heavy (non-hydrogen) atoms. The zero-order valence-electron chi connectivity index (χ0n) is 36.5. The molecule has 4 saturated carbocycles. The fourth-order valence-corrected chi connectivity index (χ4v) is 17.9. The van der Waals surface area contributed by atoms with Crippen molar-refractivity contribution in [3.8, 4) is 56.4 Å². The molecule has 4 heterocycles. The lowest BCUT2D eigenvalue weighted by molar-refractivity contribution is -0.0397. The molecule has 8 aromatic carbocycles. The molecule has 0 saturated heterocycles. The van der Waals surface area contributed by atoms with Crippen molar-refractivity contribution in [1.29, 1.82) is 0 Å². The molecule has 5 aliphatic rings. The van der Waals surface area contributed by atoms with Crippen LogP contribution in [0.1, 0.15) is 43.2 Å². The largest absolute Gasteiger partial charge is 0.208 e. The van der Waals surface area contributed by atoms with Crippen LogP contribution in [-0.2, 0) is 5.41 Å². The second-order valence-corrected chi connectivity index (χ2v) is 22.9. The van der Waals surface area contributed by atoms with Gasteiger partial charge < -0.3 is 0 Å². The van der Waals surface area contributed by atoms with E-state index in [9.17, 15) is 0 Å². The molecule has 0 amide bonds. The number of aromatic nitrogens is 3. The normalized spacial score (nSPS) is 21.5. The van der Waals surface area contributed by atoms with E-state index in [-0.39, 0.29) is 5.41 Å². The van der Waals surface area contributed by atoms with Gasteiger partial charge in [0.2, 0.25) is 0 Å². The van der Waals surface area contributed by atoms with Gasteiger partial charge in [0.25, 0.3) is 0 Å². The molecule has 12 aromatic rings. The van der Waals surface area contributed by atoms with Crippen molar-refractivity contribution in [3.63, 3.8) is 0 Å². The Morgan fingerprint density at radius 2 is 0.761 bits per heavy atom. The van der Waals surface area contributed by atoms with Crippen molar-refractivity contribution >= 4 is 94.5 Å². The zero-order chi connectivity index (χ0) is 43.5. The maximum atomic E-state index is 5.88. The van der Waals surface area contributed by atoms with Gasteiger partial charge in [0.15, 0.2) is 17.5 Å². The number of rotatable bonds is 4. The Labute approximate surface area is 399 Å². The molecule has 3 nitrogen and oxygen atoms in total. The van der Waals surface area contributed by atoms with Gasteiger partial charge in [-0.25, -0.2) is 15.0 Å². The van der Waals surface area contributed by atoms with Gasteiger partial charge in [-0.05, 0) is 114 Å². The van der Waals surface area contributed by atoms with Crippen LogP contribution in [0.2, 0.25) is 0 Å². The second-order valence-electron chi connectivity index (χ2n) is 19.8. The summed E-state index contributed by atoms with van der Waals surface area (Å²) in [7, 11) is 0. The summed E-state index contributed by atoms with van der Waals surface area (Å²) in [5.74, 6) is 5.02. The predicted molar refractivity (Wildman–Crippen MR) is 283 cm³/mol. The first-order chi connectivity index (χ1) is 33.2. The number of thiophene rings is 3. The van der Waals surface area contributed by atoms with Crippen molar-refractivity contribution in [2.75, 3.05) is 0 Å². The topological polar surface area (TPSA) is 38.7 Å². The summed E-state index contributed by atoms with van der Waals surface area (Å²) in [4.78, 5) is 17.4. The highest BCUT2D eigenvalue weighted by Gasteiger charge is 2.62. The van der Waals surface area contributed by atoms with Gasteiger partial charge in [-0.2, -0.15) is 0 Å². The van der Waals surface area contributed by atoms with E-state index in [1.807, 2.05) is 34.0 Å². The van der Waals surface area contributed by atoms with Crippen LogP contribution in [0, 0.1) is 23.7 Å². The Hall–Kier alpha value is -6.57. The summed E-state index contributed by atoms with van der Waals surface area (Å²) >= 11 is 5.60. The average molecular weight is 912 g/mol. The number of hydrogen-bond acceptors (Lipinski definition) is 6. The first kappa shape index (κ1) is 37.5. The Kier molecular flexibility index (Phi) is 7.70. The van der Waals surface area contributed by atoms with Gasteiger partial charge >= 0.3 is 0 Å². The third kappa shape index (κ3) is 5.08. The highest BCUT2D eigenvalue weighted by atomic mass is 32.1. The number of fused-ring (bicyclic) bond motifs is 12. The van der Waals surface area contributed by atoms with E-state index < -0.39 is 0 Å². The Balaban J connectivity index is 1.06. The molecule has 4 bridgehead atoms. The van der Waals surface area contributed by atoms with Gasteiger partial charge in [-0.1, -0.05) is 133 Å². The molecule has 0 aliphatic heterocycles. The van der Waals surface area contributed by atoms with Gasteiger partial charge in [-0.15, -0.1) is 34.0 Å². The summed E-state index contributed by atoms with van der Waals surface area (Å²) in [6, 6.07) is 61.3. The van der Waals surface area contributed by atoms with Crippen LogP contribution in [-0.4, -0.2) is 15.0 Å².